The zero-order chi connectivity index (χ0) is 21.5. The highest BCUT2D eigenvalue weighted by atomic mass is 35.5. The number of ether oxygens (including phenoxy) is 2. The van der Waals surface area contributed by atoms with Gasteiger partial charge < -0.3 is 25.2 Å². The number of amides is 1. The van der Waals surface area contributed by atoms with Gasteiger partial charge in [0.1, 0.15) is 5.00 Å². The van der Waals surface area contributed by atoms with Gasteiger partial charge in [-0.15, -0.1) is 23.7 Å². The van der Waals surface area contributed by atoms with E-state index < -0.39 is 0 Å². The molecule has 0 aliphatic rings. The van der Waals surface area contributed by atoms with Crippen LogP contribution in [0, 0.1) is 0 Å². The van der Waals surface area contributed by atoms with Crippen molar-refractivity contribution in [1.82, 2.24) is 5.32 Å². The summed E-state index contributed by atoms with van der Waals surface area (Å²) in [5.41, 5.74) is 2.06. The predicted octanol–water partition coefficient (Wildman–Crippen LogP) is 5.16. The van der Waals surface area contributed by atoms with Crippen LogP contribution in [0.25, 0.3) is 0 Å². The summed E-state index contributed by atoms with van der Waals surface area (Å²) in [7, 11) is 2.83. The third-order valence-electron chi connectivity index (χ3n) is 4.43. The maximum absolute atomic E-state index is 12.8. The number of benzene rings is 2. The first-order valence-corrected chi connectivity index (χ1v) is 10.1. The summed E-state index contributed by atoms with van der Waals surface area (Å²) in [5.74, 6) is -0.136. The number of nitrogens with zero attached hydrogens (tertiary/aromatic N) is 1. The minimum atomic E-state index is -0.318. The van der Waals surface area contributed by atoms with Crippen LogP contribution in [0.3, 0.4) is 0 Å². The fourth-order valence-electron chi connectivity index (χ4n) is 2.90. The fourth-order valence-corrected chi connectivity index (χ4v) is 3.46. The molecule has 0 aliphatic heterocycles. The summed E-state index contributed by atoms with van der Waals surface area (Å²) in [6, 6.07) is 14.2. The molecule has 9 heteroatoms. The Kier molecular flexibility index (Phi) is 8.72. The first kappa shape index (κ1) is 24.0. The number of hydrogen-bond acceptors (Lipinski definition) is 6. The maximum atomic E-state index is 12.8. The Hall–Kier alpha value is -3.23. The van der Waals surface area contributed by atoms with Crippen LogP contribution in [-0.2, 0) is 0 Å². The lowest BCUT2D eigenvalue weighted by molar-refractivity contribution is 0.0939. The van der Waals surface area contributed by atoms with Gasteiger partial charge in [-0.05, 0) is 48.2 Å². The maximum Gasteiger partial charge on any atom is 0.252 e. The van der Waals surface area contributed by atoms with E-state index in [2.05, 4.69) is 15.6 Å². The molecule has 0 fully saturated rings. The molecule has 3 N–H and O–H groups in total. The van der Waals surface area contributed by atoms with E-state index >= 15 is 0 Å². The van der Waals surface area contributed by atoms with Crippen LogP contribution in [0.4, 0.5) is 10.7 Å². The number of hydrogen-bond donors (Lipinski definition) is 3. The molecule has 1 atom stereocenters. The zero-order valence-corrected chi connectivity index (χ0v) is 18.9. The van der Waals surface area contributed by atoms with Gasteiger partial charge in [0.25, 0.3) is 5.91 Å². The van der Waals surface area contributed by atoms with Gasteiger partial charge in [-0.25, -0.2) is 4.99 Å². The van der Waals surface area contributed by atoms with Crippen molar-refractivity contribution in [2.75, 3.05) is 19.5 Å². The summed E-state index contributed by atoms with van der Waals surface area (Å²) in [6.07, 6.45) is 1.63. The summed E-state index contributed by atoms with van der Waals surface area (Å²) in [6.45, 7) is 1.89. The van der Waals surface area contributed by atoms with Crippen molar-refractivity contribution < 1.29 is 19.4 Å². The molecule has 0 aliphatic carbocycles. The van der Waals surface area contributed by atoms with Gasteiger partial charge >= 0.3 is 0 Å². The Morgan fingerprint density at radius 2 is 1.81 bits per heavy atom. The normalized spacial score (nSPS) is 11.5. The van der Waals surface area contributed by atoms with Gasteiger partial charge in [0.2, 0.25) is 5.75 Å². The standard InChI is InChI=1S/C22H23N3O4S.ClH/c1-14(25-22(27)15-11-18(28-2)21(26)19(12-15)29-3)16-7-4-5-8-17(16)23-13-24-20-9-6-10-30-20;/h4-14,26H,1-3H3,(H,23,24)(H,25,27);1H. The number of phenolic OH excluding ortho intramolecular Hbond substituents is 1. The lowest BCUT2D eigenvalue weighted by Crippen LogP contribution is -2.27. The molecule has 1 amide bonds. The molecule has 164 valence electrons. The van der Waals surface area contributed by atoms with Crippen LogP contribution in [0.2, 0.25) is 0 Å². The SMILES string of the molecule is COc1cc(C(=O)NC(C)c2ccccc2N/C=N/c2cccs2)cc(OC)c1O.Cl. The number of phenols is 1. The average molecular weight is 462 g/mol. The lowest BCUT2D eigenvalue weighted by Gasteiger charge is -2.18. The van der Waals surface area contributed by atoms with E-state index in [0.717, 1.165) is 16.3 Å². The van der Waals surface area contributed by atoms with Crippen molar-refractivity contribution in [2.24, 2.45) is 4.99 Å². The number of carbonyl (C=O) groups excluding carboxylic acids is 1. The monoisotopic (exact) mass is 461 g/mol. The van der Waals surface area contributed by atoms with Crippen LogP contribution in [0.15, 0.2) is 58.9 Å². The Morgan fingerprint density at radius 1 is 1.13 bits per heavy atom. The van der Waals surface area contributed by atoms with Gasteiger partial charge in [0.15, 0.2) is 11.5 Å². The fraction of sp³-hybridized carbons (Fsp3) is 0.182. The van der Waals surface area contributed by atoms with Crippen molar-refractivity contribution in [2.45, 2.75) is 13.0 Å². The largest absolute Gasteiger partial charge is 0.502 e. The first-order valence-electron chi connectivity index (χ1n) is 9.20. The zero-order valence-electron chi connectivity index (χ0n) is 17.3. The number of aromatic hydroxyl groups is 1. The molecule has 31 heavy (non-hydrogen) atoms. The highest BCUT2D eigenvalue weighted by molar-refractivity contribution is 7.13. The molecular weight excluding hydrogens is 438 g/mol. The second kappa shape index (κ2) is 11.2. The Bertz CT molecular complexity index is 1020. The molecule has 1 aromatic heterocycles. The predicted molar refractivity (Wildman–Crippen MR) is 127 cm³/mol. The average Bonchev–Trinajstić information content (AvgIpc) is 3.27. The number of nitrogens with one attached hydrogen (secondary N) is 2. The number of thiophene rings is 1. The molecule has 0 saturated carbocycles. The first-order chi connectivity index (χ1) is 14.5. The van der Waals surface area contributed by atoms with Gasteiger partial charge in [0.05, 0.1) is 26.6 Å². The van der Waals surface area contributed by atoms with E-state index in [4.69, 9.17) is 9.47 Å². The lowest BCUT2D eigenvalue weighted by atomic mass is 10.1. The molecule has 0 radical (unpaired) electrons. The van der Waals surface area contributed by atoms with Gasteiger partial charge in [-0.1, -0.05) is 18.2 Å². The molecule has 2 aromatic carbocycles. The quantitative estimate of drug-likeness (QED) is 0.318. The van der Waals surface area contributed by atoms with E-state index in [1.54, 1.807) is 17.7 Å². The van der Waals surface area contributed by atoms with Crippen LogP contribution in [0.1, 0.15) is 28.9 Å². The molecule has 3 rings (SSSR count). The molecule has 0 spiro atoms. The van der Waals surface area contributed by atoms with Crippen LogP contribution in [-0.4, -0.2) is 31.6 Å². The molecule has 0 bridgehead atoms. The molecule has 0 saturated heterocycles. The van der Waals surface area contributed by atoms with E-state index in [9.17, 15) is 9.90 Å². The van der Waals surface area contributed by atoms with E-state index in [1.165, 1.54) is 26.4 Å². The number of anilines is 1. The van der Waals surface area contributed by atoms with E-state index in [-0.39, 0.29) is 41.6 Å². The van der Waals surface area contributed by atoms with Gasteiger partial charge in [0, 0.05) is 11.3 Å². The number of carbonyl (C=O) groups is 1. The van der Waals surface area contributed by atoms with E-state index in [0.29, 0.717) is 5.56 Å². The number of methoxy groups -OCH3 is 2. The summed E-state index contributed by atoms with van der Waals surface area (Å²) < 4.78 is 10.3. The third-order valence-corrected chi connectivity index (χ3v) is 5.21. The summed E-state index contributed by atoms with van der Waals surface area (Å²) >= 11 is 1.55. The van der Waals surface area contributed by atoms with Gasteiger partial charge in [-0.3, -0.25) is 4.79 Å². The molecule has 1 unspecified atom stereocenters. The van der Waals surface area contributed by atoms with E-state index in [1.807, 2.05) is 48.7 Å². The highest BCUT2D eigenvalue weighted by Gasteiger charge is 2.18. The van der Waals surface area contributed by atoms with Crippen LogP contribution >= 0.6 is 23.7 Å². The summed E-state index contributed by atoms with van der Waals surface area (Å²) in [5, 5.41) is 19.0. The third kappa shape index (κ3) is 5.90. The number of rotatable bonds is 8. The number of para-hydroxylation sites is 1. The molecule has 3 aromatic rings. The number of halogens is 1. The van der Waals surface area contributed by atoms with Crippen LogP contribution in [0.5, 0.6) is 17.2 Å². The van der Waals surface area contributed by atoms with Crippen molar-refractivity contribution in [3.8, 4) is 17.2 Å². The minimum absolute atomic E-state index is 0. The topological polar surface area (TPSA) is 92.2 Å². The summed E-state index contributed by atoms with van der Waals surface area (Å²) in [4.78, 5) is 17.2. The smallest absolute Gasteiger partial charge is 0.252 e. The minimum Gasteiger partial charge on any atom is -0.502 e. The molecule has 7 nitrogen and oxygen atoms in total. The number of aliphatic imine (C=N–C) groups is 1. The Morgan fingerprint density at radius 3 is 2.42 bits per heavy atom. The highest BCUT2D eigenvalue weighted by Crippen LogP contribution is 2.37. The van der Waals surface area contributed by atoms with Crippen molar-refractivity contribution >= 4 is 46.7 Å². The van der Waals surface area contributed by atoms with Crippen molar-refractivity contribution in [3.05, 3.63) is 65.0 Å². The molecule has 1 heterocycles. The second-order valence-corrected chi connectivity index (χ2v) is 7.29. The Labute approximate surface area is 191 Å². The second-order valence-electron chi connectivity index (χ2n) is 6.37. The Balaban J connectivity index is 0.00000341. The van der Waals surface area contributed by atoms with Gasteiger partial charge in [-0.2, -0.15) is 0 Å². The van der Waals surface area contributed by atoms with Crippen LogP contribution < -0.4 is 20.1 Å². The van der Waals surface area contributed by atoms with Crippen molar-refractivity contribution in [1.29, 1.82) is 0 Å². The van der Waals surface area contributed by atoms with Crippen molar-refractivity contribution in [3.63, 3.8) is 0 Å². The molecular formula is C22H24ClN3O4S.